The number of piperidine rings is 2. The first kappa shape index (κ1) is 20.4. The summed E-state index contributed by atoms with van der Waals surface area (Å²) in [6, 6.07) is 5.34. The number of rotatable bonds is 3. The van der Waals surface area contributed by atoms with Crippen LogP contribution in [-0.2, 0) is 4.79 Å². The van der Waals surface area contributed by atoms with E-state index in [0.29, 0.717) is 34.7 Å². The second-order valence-corrected chi connectivity index (χ2v) is 8.58. The van der Waals surface area contributed by atoms with Gasteiger partial charge in [-0.15, -0.1) is 0 Å². The molecule has 0 aromatic heterocycles. The highest BCUT2D eigenvalue weighted by Gasteiger charge is 2.34. The SMILES string of the molecule is CN(C)C1CCCN(C(=O)C2CCCN(C(=O)c3ccc(Cl)c(Cl)c3)C2)C1. The molecule has 2 fully saturated rings. The van der Waals surface area contributed by atoms with Crippen LogP contribution in [0.25, 0.3) is 0 Å². The maximum atomic E-state index is 13.1. The van der Waals surface area contributed by atoms with Gasteiger partial charge >= 0.3 is 0 Å². The lowest BCUT2D eigenvalue weighted by Gasteiger charge is -2.40. The molecule has 1 aromatic carbocycles. The average molecular weight is 412 g/mol. The van der Waals surface area contributed by atoms with Crippen molar-refractivity contribution in [3.63, 3.8) is 0 Å². The minimum Gasteiger partial charge on any atom is -0.341 e. The van der Waals surface area contributed by atoms with Gasteiger partial charge in [0.2, 0.25) is 5.91 Å². The number of hydrogen-bond donors (Lipinski definition) is 0. The summed E-state index contributed by atoms with van der Waals surface area (Å²) >= 11 is 12.0. The van der Waals surface area contributed by atoms with E-state index in [2.05, 4.69) is 19.0 Å². The van der Waals surface area contributed by atoms with Crippen LogP contribution in [-0.4, -0.2) is 72.8 Å². The molecule has 0 bridgehead atoms. The maximum absolute atomic E-state index is 13.1. The quantitative estimate of drug-likeness (QED) is 0.765. The third-order valence-electron chi connectivity index (χ3n) is 5.66. The molecular formula is C20H27Cl2N3O2. The summed E-state index contributed by atoms with van der Waals surface area (Å²) in [6.45, 7) is 2.74. The summed E-state index contributed by atoms with van der Waals surface area (Å²) in [6.07, 6.45) is 3.85. The molecule has 2 atom stereocenters. The largest absolute Gasteiger partial charge is 0.341 e. The molecule has 0 saturated carbocycles. The molecule has 2 aliphatic heterocycles. The molecule has 0 N–H and O–H groups in total. The summed E-state index contributed by atoms with van der Waals surface area (Å²) in [4.78, 5) is 31.9. The number of carbonyl (C=O) groups is 2. The lowest BCUT2D eigenvalue weighted by Crippen LogP contribution is -2.52. The Morgan fingerprint density at radius 3 is 2.41 bits per heavy atom. The Kier molecular flexibility index (Phi) is 6.66. The van der Waals surface area contributed by atoms with Crippen LogP contribution in [0.15, 0.2) is 18.2 Å². The number of benzene rings is 1. The topological polar surface area (TPSA) is 43.9 Å². The number of likely N-dealkylation sites (N-methyl/N-ethyl adjacent to an activating group) is 1. The molecule has 1 aromatic rings. The summed E-state index contributed by atoms with van der Waals surface area (Å²) in [5.74, 6) is -0.0181. The van der Waals surface area contributed by atoms with E-state index >= 15 is 0 Å². The lowest BCUT2D eigenvalue weighted by atomic mass is 9.94. The molecule has 3 rings (SSSR count). The number of carbonyl (C=O) groups excluding carboxylic acids is 2. The van der Waals surface area contributed by atoms with E-state index in [4.69, 9.17) is 23.2 Å². The van der Waals surface area contributed by atoms with E-state index in [9.17, 15) is 9.59 Å². The zero-order chi connectivity index (χ0) is 19.6. The molecule has 5 nitrogen and oxygen atoms in total. The molecule has 27 heavy (non-hydrogen) atoms. The van der Waals surface area contributed by atoms with E-state index < -0.39 is 0 Å². The number of hydrogen-bond acceptors (Lipinski definition) is 3. The van der Waals surface area contributed by atoms with Crippen molar-refractivity contribution in [1.29, 1.82) is 0 Å². The zero-order valence-corrected chi connectivity index (χ0v) is 17.5. The van der Waals surface area contributed by atoms with Crippen molar-refractivity contribution in [2.45, 2.75) is 31.7 Å². The van der Waals surface area contributed by atoms with Crippen molar-refractivity contribution >= 4 is 35.0 Å². The van der Waals surface area contributed by atoms with Crippen LogP contribution >= 0.6 is 23.2 Å². The van der Waals surface area contributed by atoms with Crippen molar-refractivity contribution in [3.05, 3.63) is 33.8 Å². The summed E-state index contributed by atoms with van der Waals surface area (Å²) < 4.78 is 0. The third kappa shape index (κ3) is 4.76. The van der Waals surface area contributed by atoms with E-state index in [0.717, 1.165) is 38.8 Å². The molecule has 148 valence electrons. The van der Waals surface area contributed by atoms with Gasteiger partial charge in [0.1, 0.15) is 0 Å². The van der Waals surface area contributed by atoms with Crippen molar-refractivity contribution in [1.82, 2.24) is 14.7 Å². The molecule has 2 heterocycles. The Labute approximate surface area is 171 Å². The smallest absolute Gasteiger partial charge is 0.253 e. The normalized spacial score (nSPS) is 23.6. The van der Waals surface area contributed by atoms with Gasteiger partial charge < -0.3 is 14.7 Å². The maximum Gasteiger partial charge on any atom is 0.253 e. The second kappa shape index (κ2) is 8.80. The Morgan fingerprint density at radius 1 is 1.00 bits per heavy atom. The van der Waals surface area contributed by atoms with Crippen molar-refractivity contribution < 1.29 is 9.59 Å². The lowest BCUT2D eigenvalue weighted by molar-refractivity contribution is -0.138. The van der Waals surface area contributed by atoms with Crippen LogP contribution in [0.5, 0.6) is 0 Å². The Hall–Kier alpha value is -1.30. The van der Waals surface area contributed by atoms with E-state index in [1.807, 2.05) is 4.90 Å². The summed E-state index contributed by atoms with van der Waals surface area (Å²) in [5.41, 5.74) is 0.517. The number of nitrogens with zero attached hydrogens (tertiary/aromatic N) is 3. The van der Waals surface area contributed by atoms with Gasteiger partial charge in [0.05, 0.1) is 16.0 Å². The minimum atomic E-state index is -0.119. The monoisotopic (exact) mass is 411 g/mol. The highest BCUT2D eigenvalue weighted by Crippen LogP contribution is 2.26. The molecule has 2 saturated heterocycles. The highest BCUT2D eigenvalue weighted by molar-refractivity contribution is 6.42. The molecule has 2 unspecified atom stereocenters. The number of halogens is 2. The van der Waals surface area contributed by atoms with Gasteiger partial charge in [-0.3, -0.25) is 9.59 Å². The second-order valence-electron chi connectivity index (χ2n) is 7.76. The molecule has 0 spiro atoms. The molecule has 7 heteroatoms. The summed E-state index contributed by atoms with van der Waals surface area (Å²) in [5, 5.41) is 0.802. The van der Waals surface area contributed by atoms with Crippen molar-refractivity contribution in [2.24, 2.45) is 5.92 Å². The highest BCUT2D eigenvalue weighted by atomic mass is 35.5. The van der Waals surface area contributed by atoms with Gasteiger partial charge in [-0.25, -0.2) is 0 Å². The zero-order valence-electron chi connectivity index (χ0n) is 16.0. The first-order valence-electron chi connectivity index (χ1n) is 9.56. The predicted octanol–water partition coefficient (Wildman–Crippen LogP) is 3.40. The van der Waals surface area contributed by atoms with Crippen LogP contribution < -0.4 is 0 Å². The van der Waals surface area contributed by atoms with Crippen LogP contribution in [0, 0.1) is 5.92 Å². The van der Waals surface area contributed by atoms with E-state index in [-0.39, 0.29) is 17.7 Å². The Balaban J connectivity index is 1.65. The Bertz CT molecular complexity index is 710. The van der Waals surface area contributed by atoms with Crippen molar-refractivity contribution in [2.75, 3.05) is 40.3 Å². The van der Waals surface area contributed by atoms with Crippen LogP contribution in [0.3, 0.4) is 0 Å². The number of likely N-dealkylation sites (tertiary alicyclic amines) is 2. The molecule has 0 radical (unpaired) electrons. The third-order valence-corrected chi connectivity index (χ3v) is 6.40. The fraction of sp³-hybridized carbons (Fsp3) is 0.600. The van der Waals surface area contributed by atoms with Crippen molar-refractivity contribution in [3.8, 4) is 0 Å². The summed E-state index contributed by atoms with van der Waals surface area (Å²) in [7, 11) is 4.13. The van der Waals surface area contributed by atoms with Crippen LogP contribution in [0.4, 0.5) is 0 Å². The fourth-order valence-electron chi connectivity index (χ4n) is 4.01. The minimum absolute atomic E-state index is 0.0871. The van der Waals surface area contributed by atoms with E-state index in [1.54, 1.807) is 23.1 Å². The molecule has 2 aliphatic rings. The van der Waals surface area contributed by atoms with Gasteiger partial charge in [0, 0.05) is 37.8 Å². The molecule has 2 amide bonds. The van der Waals surface area contributed by atoms with Gasteiger partial charge in [0.25, 0.3) is 5.91 Å². The average Bonchev–Trinajstić information content (AvgIpc) is 2.69. The van der Waals surface area contributed by atoms with Crippen LogP contribution in [0.1, 0.15) is 36.0 Å². The van der Waals surface area contributed by atoms with E-state index in [1.165, 1.54) is 0 Å². The predicted molar refractivity (Wildman–Crippen MR) is 108 cm³/mol. The first-order chi connectivity index (χ1) is 12.9. The first-order valence-corrected chi connectivity index (χ1v) is 10.3. The molecular weight excluding hydrogens is 385 g/mol. The van der Waals surface area contributed by atoms with Gasteiger partial charge in [-0.1, -0.05) is 23.2 Å². The van der Waals surface area contributed by atoms with Gasteiger partial charge in [-0.05, 0) is 58.0 Å². The Morgan fingerprint density at radius 2 is 1.70 bits per heavy atom. The van der Waals surface area contributed by atoms with Gasteiger partial charge in [-0.2, -0.15) is 0 Å². The number of amides is 2. The standard InChI is InChI=1S/C20H27Cl2N3O2/c1-23(2)16-6-4-10-25(13-16)20(27)15-5-3-9-24(12-15)19(26)14-7-8-17(21)18(22)11-14/h7-8,11,15-16H,3-6,9-10,12-13H2,1-2H3. The van der Waals surface area contributed by atoms with Crippen LogP contribution in [0.2, 0.25) is 10.0 Å². The molecule has 0 aliphatic carbocycles. The van der Waals surface area contributed by atoms with Gasteiger partial charge in [0.15, 0.2) is 0 Å². The fourth-order valence-corrected chi connectivity index (χ4v) is 4.31.